The largest absolute Gasteiger partial charge is 0.366 e. The van der Waals surface area contributed by atoms with Gasteiger partial charge in [-0.15, -0.1) is 0 Å². The van der Waals surface area contributed by atoms with Crippen LogP contribution in [0.5, 0.6) is 0 Å². The lowest BCUT2D eigenvalue weighted by Gasteiger charge is -2.18. The first kappa shape index (κ1) is 13.1. The Morgan fingerprint density at radius 3 is 2.88 bits per heavy atom. The van der Waals surface area contributed by atoms with Crippen LogP contribution in [-0.2, 0) is 7.05 Å². The molecule has 1 aromatic heterocycles. The number of nitrogens with one attached hydrogen (secondary N) is 2. The first-order valence-corrected chi connectivity index (χ1v) is 5.68. The fraction of sp³-hybridized carbons (Fsp3) is 0.556. The van der Waals surface area contributed by atoms with Gasteiger partial charge in [0.25, 0.3) is 0 Å². The van der Waals surface area contributed by atoms with E-state index >= 15 is 0 Å². The normalized spacial score (nSPS) is 10.0. The van der Waals surface area contributed by atoms with Crippen LogP contribution in [0.3, 0.4) is 0 Å². The molecule has 0 radical (unpaired) electrons. The zero-order chi connectivity index (χ0) is 12.1. The Bertz CT molecular complexity index is 365. The zero-order valence-electron chi connectivity index (χ0n) is 9.62. The van der Waals surface area contributed by atoms with Gasteiger partial charge in [0.1, 0.15) is 5.15 Å². The maximum Gasteiger partial charge on any atom is 0.206 e. The summed E-state index contributed by atoms with van der Waals surface area (Å²) in [6.45, 7) is 1.55. The number of imidazole rings is 1. The van der Waals surface area contributed by atoms with Gasteiger partial charge in [0, 0.05) is 34.2 Å². The fourth-order valence-electron chi connectivity index (χ4n) is 1.26. The molecular formula is C9H16ClN5S. The van der Waals surface area contributed by atoms with Crippen molar-refractivity contribution in [3.63, 3.8) is 0 Å². The first-order valence-electron chi connectivity index (χ1n) is 4.90. The van der Waals surface area contributed by atoms with Gasteiger partial charge in [-0.3, -0.25) is 0 Å². The molecule has 0 saturated carbocycles. The van der Waals surface area contributed by atoms with Crippen LogP contribution < -0.4 is 15.5 Å². The number of likely N-dealkylation sites (N-methyl/N-ethyl adjacent to an activating group) is 1. The van der Waals surface area contributed by atoms with Crippen LogP contribution >= 0.6 is 23.8 Å². The molecule has 0 atom stereocenters. The predicted molar refractivity (Wildman–Crippen MR) is 71.1 cm³/mol. The van der Waals surface area contributed by atoms with E-state index < -0.39 is 0 Å². The van der Waals surface area contributed by atoms with Gasteiger partial charge in [0.15, 0.2) is 5.11 Å². The topological polar surface area (TPSA) is 45.1 Å². The summed E-state index contributed by atoms with van der Waals surface area (Å²) in [5.74, 6) is 0.835. The van der Waals surface area contributed by atoms with Crippen molar-refractivity contribution in [1.29, 1.82) is 0 Å². The Hall–Kier alpha value is -1.01. The highest BCUT2D eigenvalue weighted by atomic mass is 35.5. The molecular weight excluding hydrogens is 246 g/mol. The number of hydrogen-bond acceptors (Lipinski definition) is 3. The molecule has 0 spiro atoms. The standard InChI is InChI=1S/C9H16ClN5S/c1-11-8(16)12-4-5-14(2)9-13-6-7(10)15(9)3/h6H,4-5H2,1-3H3,(H2,11,12,16). The number of nitrogens with zero attached hydrogens (tertiary/aromatic N) is 3. The molecule has 0 aliphatic heterocycles. The van der Waals surface area contributed by atoms with Crippen molar-refractivity contribution < 1.29 is 0 Å². The lowest BCUT2D eigenvalue weighted by atomic mass is 10.5. The number of halogens is 1. The second-order valence-electron chi connectivity index (χ2n) is 3.37. The van der Waals surface area contributed by atoms with E-state index in [-0.39, 0.29) is 0 Å². The average molecular weight is 262 g/mol. The Kier molecular flexibility index (Phi) is 4.82. The summed E-state index contributed by atoms with van der Waals surface area (Å²) in [5.41, 5.74) is 0. The third-order valence-corrected chi connectivity index (χ3v) is 2.91. The van der Waals surface area contributed by atoms with Crippen LogP contribution in [0.25, 0.3) is 0 Å². The lowest BCUT2D eigenvalue weighted by Crippen LogP contribution is -2.38. The van der Waals surface area contributed by atoms with Crippen LogP contribution in [0.2, 0.25) is 5.15 Å². The van der Waals surface area contributed by atoms with Crippen LogP contribution in [0.15, 0.2) is 6.20 Å². The minimum atomic E-state index is 0.626. The van der Waals surface area contributed by atoms with E-state index in [0.29, 0.717) is 10.3 Å². The van der Waals surface area contributed by atoms with Crippen molar-refractivity contribution in [2.24, 2.45) is 7.05 Å². The molecule has 0 fully saturated rings. The zero-order valence-corrected chi connectivity index (χ0v) is 11.2. The number of thiocarbonyl (C=S) groups is 1. The summed E-state index contributed by atoms with van der Waals surface area (Å²) in [6.07, 6.45) is 1.64. The fourth-order valence-corrected chi connectivity index (χ4v) is 1.49. The van der Waals surface area contributed by atoms with Gasteiger partial charge in [0.2, 0.25) is 5.95 Å². The molecule has 1 aromatic rings. The van der Waals surface area contributed by atoms with Crippen molar-refractivity contribution in [3.8, 4) is 0 Å². The Morgan fingerprint density at radius 2 is 2.38 bits per heavy atom. The highest BCUT2D eigenvalue weighted by Gasteiger charge is 2.08. The Morgan fingerprint density at radius 1 is 1.69 bits per heavy atom. The Labute approximate surface area is 106 Å². The summed E-state index contributed by atoms with van der Waals surface area (Å²) in [4.78, 5) is 6.22. The summed E-state index contributed by atoms with van der Waals surface area (Å²) >= 11 is 10.9. The van der Waals surface area contributed by atoms with Gasteiger partial charge in [0.05, 0.1) is 6.20 Å². The van der Waals surface area contributed by atoms with Crippen molar-refractivity contribution in [3.05, 3.63) is 11.3 Å². The summed E-state index contributed by atoms with van der Waals surface area (Å²) in [7, 11) is 5.63. The van der Waals surface area contributed by atoms with Crippen molar-refractivity contribution in [2.75, 3.05) is 32.1 Å². The summed E-state index contributed by atoms with van der Waals surface area (Å²) < 4.78 is 1.83. The molecule has 2 N–H and O–H groups in total. The molecule has 1 rings (SSSR count). The molecule has 90 valence electrons. The third kappa shape index (κ3) is 3.24. The van der Waals surface area contributed by atoms with Crippen molar-refractivity contribution in [1.82, 2.24) is 20.2 Å². The van der Waals surface area contributed by atoms with E-state index in [1.807, 2.05) is 23.6 Å². The van der Waals surface area contributed by atoms with Crippen LogP contribution in [0.4, 0.5) is 5.95 Å². The number of anilines is 1. The van der Waals surface area contributed by atoms with Gasteiger partial charge in [-0.05, 0) is 12.2 Å². The van der Waals surface area contributed by atoms with Gasteiger partial charge < -0.3 is 20.1 Å². The van der Waals surface area contributed by atoms with Gasteiger partial charge in [-0.1, -0.05) is 11.6 Å². The van der Waals surface area contributed by atoms with E-state index in [4.69, 9.17) is 23.8 Å². The average Bonchev–Trinajstić information content (AvgIpc) is 2.59. The molecule has 0 bridgehead atoms. The monoisotopic (exact) mass is 261 g/mol. The van der Waals surface area contributed by atoms with Gasteiger partial charge >= 0.3 is 0 Å². The molecule has 0 aliphatic carbocycles. The lowest BCUT2D eigenvalue weighted by molar-refractivity contribution is 0.766. The second-order valence-corrected chi connectivity index (χ2v) is 4.16. The molecule has 1 heterocycles. The second kappa shape index (κ2) is 5.91. The van der Waals surface area contributed by atoms with Crippen molar-refractivity contribution in [2.45, 2.75) is 0 Å². The van der Waals surface area contributed by atoms with Crippen LogP contribution in [-0.4, -0.2) is 41.8 Å². The molecule has 0 saturated heterocycles. The van der Waals surface area contributed by atoms with E-state index in [1.54, 1.807) is 13.2 Å². The quantitative estimate of drug-likeness (QED) is 0.778. The molecule has 0 unspecified atom stereocenters. The van der Waals surface area contributed by atoms with Gasteiger partial charge in [-0.25, -0.2) is 4.98 Å². The minimum absolute atomic E-state index is 0.626. The van der Waals surface area contributed by atoms with E-state index in [0.717, 1.165) is 19.0 Å². The molecule has 0 amide bonds. The van der Waals surface area contributed by atoms with E-state index in [2.05, 4.69) is 15.6 Å². The smallest absolute Gasteiger partial charge is 0.206 e. The summed E-state index contributed by atoms with van der Waals surface area (Å²) in [5, 5.41) is 7.19. The minimum Gasteiger partial charge on any atom is -0.366 e. The molecule has 0 aliphatic rings. The molecule has 0 aromatic carbocycles. The van der Waals surface area contributed by atoms with Gasteiger partial charge in [-0.2, -0.15) is 0 Å². The number of hydrogen-bond donors (Lipinski definition) is 2. The maximum atomic E-state index is 5.91. The van der Waals surface area contributed by atoms with E-state index in [9.17, 15) is 0 Å². The highest BCUT2D eigenvalue weighted by Crippen LogP contribution is 2.15. The number of rotatable bonds is 4. The number of aromatic nitrogens is 2. The van der Waals surface area contributed by atoms with Crippen LogP contribution in [0.1, 0.15) is 0 Å². The highest BCUT2D eigenvalue weighted by molar-refractivity contribution is 7.80. The molecule has 16 heavy (non-hydrogen) atoms. The van der Waals surface area contributed by atoms with Crippen molar-refractivity contribution >= 4 is 34.9 Å². The van der Waals surface area contributed by atoms with E-state index in [1.165, 1.54) is 0 Å². The third-order valence-electron chi connectivity index (χ3n) is 2.21. The summed E-state index contributed by atoms with van der Waals surface area (Å²) in [6, 6.07) is 0. The van der Waals surface area contributed by atoms with Crippen LogP contribution in [0, 0.1) is 0 Å². The Balaban J connectivity index is 2.44. The molecule has 7 heteroatoms. The predicted octanol–water partition coefficient (Wildman–Crippen LogP) is 0.604. The SMILES string of the molecule is CNC(=S)NCCN(C)c1ncc(Cl)n1C. The molecule has 5 nitrogen and oxygen atoms in total. The first-order chi connectivity index (χ1) is 7.56. The maximum absolute atomic E-state index is 5.91.